The van der Waals surface area contributed by atoms with E-state index in [-0.39, 0.29) is 5.69 Å². The van der Waals surface area contributed by atoms with E-state index in [0.717, 1.165) is 18.5 Å². The quantitative estimate of drug-likeness (QED) is 0.498. The molecule has 2 rings (SSSR count). The molecule has 0 spiro atoms. The van der Waals surface area contributed by atoms with E-state index in [4.69, 9.17) is 4.42 Å². The summed E-state index contributed by atoms with van der Waals surface area (Å²) >= 11 is 0. The molecule has 0 aliphatic heterocycles. The Morgan fingerprint density at radius 2 is 2.25 bits per heavy atom. The molecule has 0 amide bonds. The van der Waals surface area contributed by atoms with E-state index < -0.39 is 4.92 Å². The summed E-state index contributed by atoms with van der Waals surface area (Å²) in [6, 6.07) is 4.71. The summed E-state index contributed by atoms with van der Waals surface area (Å²) in [5, 5.41) is 14.0. The Morgan fingerprint density at radius 3 is 2.95 bits per heavy atom. The van der Waals surface area contributed by atoms with Gasteiger partial charge in [-0.05, 0) is 25.5 Å². The van der Waals surface area contributed by atoms with Gasteiger partial charge in [0, 0.05) is 17.7 Å². The molecule has 0 saturated carbocycles. The molecule has 6 heteroatoms. The molecular formula is C14H17N3O3. The lowest BCUT2D eigenvalue weighted by molar-refractivity contribution is -0.384. The summed E-state index contributed by atoms with van der Waals surface area (Å²) in [7, 11) is 0. The lowest BCUT2D eigenvalue weighted by atomic mass is 10.1. The third-order valence-corrected chi connectivity index (χ3v) is 2.95. The van der Waals surface area contributed by atoms with Crippen LogP contribution in [0.4, 0.5) is 5.69 Å². The second-order valence-corrected chi connectivity index (χ2v) is 4.55. The minimum atomic E-state index is -0.414. The standard InChI is InChI=1S/C14H17N3O3/c1-3-6-15-9-14-16-8-13(20-14)12-7-11(17(18)19)5-4-10(12)2/h4-5,7-8,15H,3,6,9H2,1-2H3. The molecule has 1 heterocycles. The molecule has 0 unspecified atom stereocenters. The van der Waals surface area contributed by atoms with Crippen LogP contribution in [0.3, 0.4) is 0 Å². The number of rotatable bonds is 6. The first-order chi connectivity index (χ1) is 9.61. The third kappa shape index (κ3) is 3.21. The molecule has 0 aliphatic rings. The fourth-order valence-corrected chi connectivity index (χ4v) is 1.88. The molecule has 106 valence electrons. The topological polar surface area (TPSA) is 81.2 Å². The van der Waals surface area contributed by atoms with Crippen LogP contribution in [0.25, 0.3) is 11.3 Å². The molecule has 0 saturated heterocycles. The molecule has 0 bridgehead atoms. The van der Waals surface area contributed by atoms with Gasteiger partial charge >= 0.3 is 0 Å². The molecule has 0 fully saturated rings. The predicted molar refractivity (Wildman–Crippen MR) is 75.3 cm³/mol. The highest BCUT2D eigenvalue weighted by Gasteiger charge is 2.13. The number of benzene rings is 1. The number of nitro groups is 1. The number of hydrogen-bond acceptors (Lipinski definition) is 5. The van der Waals surface area contributed by atoms with Gasteiger partial charge in [-0.25, -0.2) is 4.98 Å². The number of aromatic nitrogens is 1. The highest BCUT2D eigenvalue weighted by molar-refractivity contribution is 5.64. The van der Waals surface area contributed by atoms with E-state index in [2.05, 4.69) is 17.2 Å². The molecule has 1 aromatic carbocycles. The molecule has 1 N–H and O–H groups in total. The van der Waals surface area contributed by atoms with E-state index in [0.29, 0.717) is 23.8 Å². The number of non-ortho nitro benzene ring substituents is 1. The van der Waals surface area contributed by atoms with Gasteiger partial charge in [-0.3, -0.25) is 10.1 Å². The Kier molecular flexibility index (Phi) is 4.47. The van der Waals surface area contributed by atoms with Gasteiger partial charge in [0.05, 0.1) is 17.7 Å². The van der Waals surface area contributed by atoms with Crippen molar-refractivity contribution in [1.29, 1.82) is 0 Å². The highest BCUT2D eigenvalue weighted by Crippen LogP contribution is 2.28. The van der Waals surface area contributed by atoms with Crippen LogP contribution in [0.2, 0.25) is 0 Å². The van der Waals surface area contributed by atoms with Gasteiger partial charge in [-0.15, -0.1) is 0 Å². The van der Waals surface area contributed by atoms with Gasteiger partial charge in [0.25, 0.3) is 5.69 Å². The minimum Gasteiger partial charge on any atom is -0.439 e. The average molecular weight is 275 g/mol. The first kappa shape index (κ1) is 14.2. The molecular weight excluding hydrogens is 258 g/mol. The lowest BCUT2D eigenvalue weighted by Crippen LogP contribution is -2.13. The summed E-state index contributed by atoms with van der Waals surface area (Å²) in [6.45, 7) is 5.42. The van der Waals surface area contributed by atoms with E-state index in [1.807, 2.05) is 6.92 Å². The van der Waals surface area contributed by atoms with E-state index >= 15 is 0 Å². The molecule has 6 nitrogen and oxygen atoms in total. The summed E-state index contributed by atoms with van der Waals surface area (Å²) < 4.78 is 5.64. The fourth-order valence-electron chi connectivity index (χ4n) is 1.88. The number of aryl methyl sites for hydroxylation is 1. The molecule has 1 aromatic heterocycles. The van der Waals surface area contributed by atoms with Crippen LogP contribution in [-0.2, 0) is 6.54 Å². The Hall–Kier alpha value is -2.21. The van der Waals surface area contributed by atoms with Crippen LogP contribution in [0.1, 0.15) is 24.8 Å². The fraction of sp³-hybridized carbons (Fsp3) is 0.357. The Balaban J connectivity index is 2.23. The van der Waals surface area contributed by atoms with E-state index in [1.165, 1.54) is 12.1 Å². The summed E-state index contributed by atoms with van der Waals surface area (Å²) in [4.78, 5) is 14.6. The maximum Gasteiger partial charge on any atom is 0.270 e. The second-order valence-electron chi connectivity index (χ2n) is 4.55. The van der Waals surface area contributed by atoms with E-state index in [9.17, 15) is 10.1 Å². The number of nitrogens with one attached hydrogen (secondary N) is 1. The summed E-state index contributed by atoms with van der Waals surface area (Å²) in [5.41, 5.74) is 1.67. The monoisotopic (exact) mass is 275 g/mol. The molecule has 20 heavy (non-hydrogen) atoms. The Labute approximate surface area is 117 Å². The molecule has 0 atom stereocenters. The zero-order chi connectivity index (χ0) is 14.5. The van der Waals surface area contributed by atoms with Crippen molar-refractivity contribution in [2.75, 3.05) is 6.54 Å². The zero-order valence-electron chi connectivity index (χ0n) is 11.5. The SMILES string of the molecule is CCCNCc1ncc(-c2cc([N+](=O)[O-])ccc2C)o1. The number of oxazole rings is 1. The normalized spacial score (nSPS) is 10.7. The Bertz CT molecular complexity index is 607. The van der Waals surface area contributed by atoms with Crippen LogP contribution >= 0.6 is 0 Å². The minimum absolute atomic E-state index is 0.0488. The summed E-state index contributed by atoms with van der Waals surface area (Å²) in [5.74, 6) is 1.14. The Morgan fingerprint density at radius 1 is 1.45 bits per heavy atom. The maximum atomic E-state index is 10.8. The van der Waals surface area contributed by atoms with Crippen molar-refractivity contribution in [2.45, 2.75) is 26.8 Å². The van der Waals surface area contributed by atoms with Gasteiger partial charge in [-0.2, -0.15) is 0 Å². The lowest BCUT2D eigenvalue weighted by Gasteiger charge is -2.02. The van der Waals surface area contributed by atoms with Gasteiger partial charge in [0.1, 0.15) is 0 Å². The number of nitrogens with zero attached hydrogens (tertiary/aromatic N) is 2. The van der Waals surface area contributed by atoms with Crippen LogP contribution in [0.15, 0.2) is 28.8 Å². The first-order valence-electron chi connectivity index (χ1n) is 6.52. The van der Waals surface area contributed by atoms with Crippen molar-refractivity contribution < 1.29 is 9.34 Å². The van der Waals surface area contributed by atoms with Crippen molar-refractivity contribution in [3.8, 4) is 11.3 Å². The van der Waals surface area contributed by atoms with Crippen LogP contribution in [0.5, 0.6) is 0 Å². The number of hydrogen-bond donors (Lipinski definition) is 1. The van der Waals surface area contributed by atoms with Gasteiger partial charge in [0.15, 0.2) is 5.76 Å². The van der Waals surface area contributed by atoms with Crippen molar-refractivity contribution >= 4 is 5.69 Å². The largest absolute Gasteiger partial charge is 0.439 e. The van der Waals surface area contributed by atoms with Crippen LogP contribution < -0.4 is 5.32 Å². The second kappa shape index (κ2) is 6.29. The zero-order valence-corrected chi connectivity index (χ0v) is 11.5. The van der Waals surface area contributed by atoms with Crippen molar-refractivity contribution in [1.82, 2.24) is 10.3 Å². The smallest absolute Gasteiger partial charge is 0.270 e. The average Bonchev–Trinajstić information content (AvgIpc) is 2.88. The predicted octanol–water partition coefficient (Wildman–Crippen LogP) is 3.06. The van der Waals surface area contributed by atoms with E-state index in [1.54, 1.807) is 12.3 Å². The number of nitro benzene ring substituents is 1. The molecule has 0 radical (unpaired) electrons. The van der Waals surface area contributed by atoms with Crippen molar-refractivity contribution in [3.63, 3.8) is 0 Å². The molecule has 2 aromatic rings. The highest BCUT2D eigenvalue weighted by atomic mass is 16.6. The first-order valence-corrected chi connectivity index (χ1v) is 6.52. The van der Waals surface area contributed by atoms with Crippen LogP contribution in [-0.4, -0.2) is 16.5 Å². The van der Waals surface area contributed by atoms with Gasteiger partial charge in [0.2, 0.25) is 5.89 Å². The van der Waals surface area contributed by atoms with Crippen molar-refractivity contribution in [3.05, 3.63) is 46.0 Å². The van der Waals surface area contributed by atoms with Gasteiger partial charge in [-0.1, -0.05) is 13.0 Å². The van der Waals surface area contributed by atoms with Crippen molar-refractivity contribution in [2.24, 2.45) is 0 Å². The van der Waals surface area contributed by atoms with Crippen LogP contribution in [0, 0.1) is 17.0 Å². The van der Waals surface area contributed by atoms with Gasteiger partial charge < -0.3 is 9.73 Å². The third-order valence-electron chi connectivity index (χ3n) is 2.95. The summed E-state index contributed by atoms with van der Waals surface area (Å²) in [6.07, 6.45) is 2.65. The molecule has 0 aliphatic carbocycles. The maximum absolute atomic E-state index is 10.8.